The van der Waals surface area contributed by atoms with Crippen molar-refractivity contribution in [1.82, 2.24) is 0 Å². The number of ether oxygens (including phenoxy) is 2. The molecule has 1 aliphatic rings. The summed E-state index contributed by atoms with van der Waals surface area (Å²) in [7, 11) is 1.58. The summed E-state index contributed by atoms with van der Waals surface area (Å²) in [6, 6.07) is 7.45. The van der Waals surface area contributed by atoms with Crippen molar-refractivity contribution in [1.29, 1.82) is 0 Å². The molecule has 18 heavy (non-hydrogen) atoms. The molecule has 0 saturated carbocycles. The molecule has 100 valence electrons. The smallest absolute Gasteiger partial charge is 0.122 e. The number of rotatable bonds is 4. The average Bonchev–Trinajstić information content (AvgIpc) is 2.67. The molecule has 3 N–H and O–H groups in total. The second-order valence-corrected chi connectivity index (χ2v) is 4.39. The van der Waals surface area contributed by atoms with Gasteiger partial charge >= 0.3 is 0 Å². The Bertz CT molecular complexity index is 395. The Kier molecular flexibility index (Phi) is 4.19. The third-order valence-electron chi connectivity index (χ3n) is 3.25. The van der Waals surface area contributed by atoms with Gasteiger partial charge in [0, 0.05) is 6.42 Å². The van der Waals surface area contributed by atoms with Gasteiger partial charge in [0.25, 0.3) is 0 Å². The maximum absolute atomic E-state index is 9.86. The molecular formula is C13H18O5. The molecule has 0 bridgehead atoms. The molecule has 0 radical (unpaired) electrons. The topological polar surface area (TPSA) is 79.2 Å². The van der Waals surface area contributed by atoms with Gasteiger partial charge in [0.05, 0.1) is 19.8 Å². The predicted molar refractivity (Wildman–Crippen MR) is 64.5 cm³/mol. The van der Waals surface area contributed by atoms with Gasteiger partial charge in [-0.2, -0.15) is 0 Å². The first-order valence-corrected chi connectivity index (χ1v) is 5.91. The number of methoxy groups -OCH3 is 1. The Hall–Kier alpha value is -1.14. The van der Waals surface area contributed by atoms with Crippen LogP contribution in [-0.2, 0) is 11.2 Å². The molecule has 1 heterocycles. The highest BCUT2D eigenvalue weighted by atomic mass is 16.6. The molecule has 0 aliphatic carbocycles. The quantitative estimate of drug-likeness (QED) is 0.688. The van der Waals surface area contributed by atoms with Gasteiger partial charge in [-0.3, -0.25) is 0 Å². The summed E-state index contributed by atoms with van der Waals surface area (Å²) >= 11 is 0. The number of aliphatic hydroxyl groups excluding tert-OH is 3. The lowest BCUT2D eigenvalue weighted by Gasteiger charge is -2.16. The number of benzene rings is 1. The Balaban J connectivity index is 2.10. The van der Waals surface area contributed by atoms with Crippen molar-refractivity contribution in [2.75, 3.05) is 13.7 Å². The first-order chi connectivity index (χ1) is 8.67. The molecule has 0 amide bonds. The lowest BCUT2D eigenvalue weighted by atomic mass is 10.0. The van der Waals surface area contributed by atoms with Gasteiger partial charge in [0.2, 0.25) is 0 Å². The second-order valence-electron chi connectivity index (χ2n) is 4.39. The summed E-state index contributed by atoms with van der Waals surface area (Å²) < 4.78 is 10.7. The standard InChI is InChI=1S/C13H18O5/c1-17-9-5-3-2-4-8(9)6-10-12(15)13(16)11(7-14)18-10/h2-5,10-16H,6-7H2,1H3/t10-,11+,12+,13+/m0/s1. The normalized spacial score (nSPS) is 31.6. The number of para-hydroxylation sites is 1. The zero-order valence-electron chi connectivity index (χ0n) is 10.2. The summed E-state index contributed by atoms with van der Waals surface area (Å²) in [5.74, 6) is 0.718. The van der Waals surface area contributed by atoms with Gasteiger partial charge in [0.1, 0.15) is 24.1 Å². The zero-order valence-corrected chi connectivity index (χ0v) is 10.2. The van der Waals surface area contributed by atoms with E-state index in [2.05, 4.69) is 0 Å². The van der Waals surface area contributed by atoms with Crippen LogP contribution in [0.2, 0.25) is 0 Å². The molecule has 4 atom stereocenters. The van der Waals surface area contributed by atoms with E-state index in [1.807, 2.05) is 24.3 Å². The number of hydrogen-bond donors (Lipinski definition) is 3. The van der Waals surface area contributed by atoms with Gasteiger partial charge < -0.3 is 24.8 Å². The Morgan fingerprint density at radius 2 is 1.83 bits per heavy atom. The summed E-state index contributed by atoms with van der Waals surface area (Å²) in [6.45, 7) is -0.305. The van der Waals surface area contributed by atoms with Crippen molar-refractivity contribution in [2.45, 2.75) is 30.8 Å². The van der Waals surface area contributed by atoms with Crippen molar-refractivity contribution in [3.63, 3.8) is 0 Å². The van der Waals surface area contributed by atoms with E-state index >= 15 is 0 Å². The molecule has 5 nitrogen and oxygen atoms in total. The fourth-order valence-electron chi connectivity index (χ4n) is 2.23. The van der Waals surface area contributed by atoms with Crippen LogP contribution in [0, 0.1) is 0 Å². The van der Waals surface area contributed by atoms with E-state index in [-0.39, 0.29) is 6.61 Å². The summed E-state index contributed by atoms with van der Waals surface area (Å²) in [5.41, 5.74) is 0.898. The van der Waals surface area contributed by atoms with E-state index in [1.165, 1.54) is 0 Å². The van der Waals surface area contributed by atoms with E-state index in [0.29, 0.717) is 6.42 Å². The number of hydrogen-bond acceptors (Lipinski definition) is 5. The summed E-state index contributed by atoms with van der Waals surface area (Å²) in [6.07, 6.45) is -2.87. The molecule has 1 aromatic carbocycles. The third kappa shape index (κ3) is 2.49. The Morgan fingerprint density at radius 3 is 2.44 bits per heavy atom. The van der Waals surface area contributed by atoms with Crippen LogP contribution in [0.15, 0.2) is 24.3 Å². The van der Waals surface area contributed by atoms with Gasteiger partial charge in [-0.05, 0) is 11.6 Å². The third-order valence-corrected chi connectivity index (χ3v) is 3.25. The van der Waals surface area contributed by atoms with Crippen molar-refractivity contribution >= 4 is 0 Å². The van der Waals surface area contributed by atoms with E-state index in [4.69, 9.17) is 14.6 Å². The highest BCUT2D eigenvalue weighted by Crippen LogP contribution is 2.27. The van der Waals surface area contributed by atoms with Crippen LogP contribution in [0.1, 0.15) is 5.56 Å². The molecule has 5 heteroatoms. The van der Waals surface area contributed by atoms with Crippen molar-refractivity contribution in [2.24, 2.45) is 0 Å². The first kappa shape index (κ1) is 13.3. The van der Waals surface area contributed by atoms with Gasteiger partial charge in [0.15, 0.2) is 0 Å². The monoisotopic (exact) mass is 254 g/mol. The lowest BCUT2D eigenvalue weighted by Crippen LogP contribution is -2.34. The minimum absolute atomic E-state index is 0.305. The molecule has 0 aromatic heterocycles. The molecule has 1 aromatic rings. The van der Waals surface area contributed by atoms with Crippen molar-refractivity contribution in [3.05, 3.63) is 29.8 Å². The lowest BCUT2D eigenvalue weighted by molar-refractivity contribution is -0.0216. The van der Waals surface area contributed by atoms with Crippen LogP contribution in [-0.4, -0.2) is 53.5 Å². The maximum atomic E-state index is 9.86. The van der Waals surface area contributed by atoms with Crippen LogP contribution < -0.4 is 4.74 Å². The highest BCUT2D eigenvalue weighted by molar-refractivity contribution is 5.34. The minimum Gasteiger partial charge on any atom is -0.496 e. The fourth-order valence-corrected chi connectivity index (χ4v) is 2.23. The van der Waals surface area contributed by atoms with Crippen LogP contribution in [0.3, 0.4) is 0 Å². The predicted octanol–water partition coefficient (Wildman–Crippen LogP) is -0.281. The zero-order chi connectivity index (χ0) is 13.1. The molecule has 1 aliphatic heterocycles. The molecular weight excluding hydrogens is 236 g/mol. The second kappa shape index (κ2) is 5.67. The van der Waals surface area contributed by atoms with Crippen LogP contribution in [0.4, 0.5) is 0 Å². The number of aliphatic hydroxyl groups is 3. The van der Waals surface area contributed by atoms with E-state index < -0.39 is 24.4 Å². The van der Waals surface area contributed by atoms with Crippen LogP contribution in [0.25, 0.3) is 0 Å². The van der Waals surface area contributed by atoms with Crippen molar-refractivity contribution in [3.8, 4) is 5.75 Å². The fraction of sp³-hybridized carbons (Fsp3) is 0.538. The van der Waals surface area contributed by atoms with Gasteiger partial charge in [-0.1, -0.05) is 18.2 Å². The molecule has 1 fully saturated rings. The largest absolute Gasteiger partial charge is 0.496 e. The van der Waals surface area contributed by atoms with E-state index in [9.17, 15) is 10.2 Å². The first-order valence-electron chi connectivity index (χ1n) is 5.91. The SMILES string of the molecule is COc1ccccc1C[C@@H]1O[C@H](CO)[C@@H](O)[C@@H]1O. The van der Waals surface area contributed by atoms with Crippen LogP contribution >= 0.6 is 0 Å². The average molecular weight is 254 g/mol. The van der Waals surface area contributed by atoms with E-state index in [1.54, 1.807) is 7.11 Å². The van der Waals surface area contributed by atoms with Crippen molar-refractivity contribution < 1.29 is 24.8 Å². The van der Waals surface area contributed by atoms with Gasteiger partial charge in [-0.15, -0.1) is 0 Å². The molecule has 0 spiro atoms. The minimum atomic E-state index is -1.05. The van der Waals surface area contributed by atoms with Gasteiger partial charge in [-0.25, -0.2) is 0 Å². The molecule has 0 unspecified atom stereocenters. The Labute approximate surface area is 106 Å². The molecule has 1 saturated heterocycles. The van der Waals surface area contributed by atoms with E-state index in [0.717, 1.165) is 11.3 Å². The van der Waals surface area contributed by atoms with Crippen LogP contribution in [0.5, 0.6) is 5.75 Å². The Morgan fingerprint density at radius 1 is 1.17 bits per heavy atom. The molecule has 2 rings (SSSR count). The summed E-state index contributed by atoms with van der Waals surface area (Å²) in [5, 5.41) is 28.5. The maximum Gasteiger partial charge on any atom is 0.122 e. The summed E-state index contributed by atoms with van der Waals surface area (Å²) in [4.78, 5) is 0. The highest BCUT2D eigenvalue weighted by Gasteiger charge is 2.42.